The van der Waals surface area contributed by atoms with Crippen LogP contribution in [-0.4, -0.2) is 34.1 Å². The number of carbonyl (C=O) groups is 2. The van der Waals surface area contributed by atoms with Crippen LogP contribution in [0.3, 0.4) is 0 Å². The molecule has 1 aliphatic heterocycles. The van der Waals surface area contributed by atoms with Crippen molar-refractivity contribution in [3.63, 3.8) is 0 Å². The van der Waals surface area contributed by atoms with E-state index in [2.05, 4.69) is 15.5 Å². The lowest BCUT2D eigenvalue weighted by Gasteiger charge is -2.22. The highest BCUT2D eigenvalue weighted by Gasteiger charge is 2.49. The third-order valence-electron chi connectivity index (χ3n) is 4.77. The summed E-state index contributed by atoms with van der Waals surface area (Å²) in [6.45, 7) is 1.49. The van der Waals surface area contributed by atoms with Crippen LogP contribution in [0.25, 0.3) is 11.4 Å². The van der Waals surface area contributed by atoms with Gasteiger partial charge in [-0.2, -0.15) is 4.98 Å². The van der Waals surface area contributed by atoms with Gasteiger partial charge in [0.2, 0.25) is 11.7 Å². The molecule has 1 unspecified atom stereocenters. The molecule has 3 amide bonds. The van der Waals surface area contributed by atoms with Gasteiger partial charge in [-0.3, -0.25) is 9.69 Å². The summed E-state index contributed by atoms with van der Waals surface area (Å²) in [6, 6.07) is 13.4. The minimum absolute atomic E-state index is 0.140. The SMILES string of the molecule is COc1cccc(-c2noc(CN3C(=O)NC(C)(c4cccc(Cl)c4)C3=O)n2)c1. The van der Waals surface area contributed by atoms with Crippen LogP contribution in [0.15, 0.2) is 53.1 Å². The van der Waals surface area contributed by atoms with E-state index in [9.17, 15) is 9.59 Å². The fourth-order valence-corrected chi connectivity index (χ4v) is 3.36. The van der Waals surface area contributed by atoms with Crippen LogP contribution < -0.4 is 10.1 Å². The topological polar surface area (TPSA) is 97.6 Å². The van der Waals surface area contributed by atoms with Crippen molar-refractivity contribution in [2.45, 2.75) is 19.0 Å². The molecule has 29 heavy (non-hydrogen) atoms. The van der Waals surface area contributed by atoms with Gasteiger partial charge in [-0.15, -0.1) is 0 Å². The molecule has 148 valence electrons. The average molecular weight is 413 g/mol. The van der Waals surface area contributed by atoms with Crippen LogP contribution in [0.4, 0.5) is 4.79 Å². The predicted molar refractivity (Wildman–Crippen MR) is 104 cm³/mol. The van der Waals surface area contributed by atoms with Crippen molar-refractivity contribution in [2.75, 3.05) is 7.11 Å². The number of halogens is 1. The summed E-state index contributed by atoms with van der Waals surface area (Å²) in [6.07, 6.45) is 0. The maximum atomic E-state index is 13.0. The summed E-state index contributed by atoms with van der Waals surface area (Å²) in [5.74, 6) is 0.705. The number of amides is 3. The average Bonchev–Trinajstić information content (AvgIpc) is 3.27. The van der Waals surface area contributed by atoms with E-state index in [1.807, 2.05) is 0 Å². The van der Waals surface area contributed by atoms with E-state index < -0.39 is 17.5 Å². The molecule has 0 aliphatic carbocycles. The quantitative estimate of drug-likeness (QED) is 0.645. The highest BCUT2D eigenvalue weighted by molar-refractivity contribution is 6.30. The lowest BCUT2D eigenvalue weighted by atomic mass is 9.92. The third-order valence-corrected chi connectivity index (χ3v) is 5.00. The third kappa shape index (κ3) is 3.42. The number of rotatable bonds is 5. The Morgan fingerprint density at radius 2 is 2.00 bits per heavy atom. The summed E-state index contributed by atoms with van der Waals surface area (Å²) in [5, 5.41) is 7.13. The molecule has 0 radical (unpaired) electrons. The molecule has 1 atom stereocenters. The first kappa shape index (κ1) is 18.9. The van der Waals surface area contributed by atoms with Crippen LogP contribution in [0.1, 0.15) is 18.4 Å². The number of hydrogen-bond donors (Lipinski definition) is 1. The molecule has 2 heterocycles. The van der Waals surface area contributed by atoms with Crippen LogP contribution >= 0.6 is 11.6 Å². The number of nitrogens with zero attached hydrogens (tertiary/aromatic N) is 3. The molecular weight excluding hydrogens is 396 g/mol. The number of methoxy groups -OCH3 is 1. The van der Waals surface area contributed by atoms with E-state index in [4.69, 9.17) is 20.9 Å². The zero-order valence-corrected chi connectivity index (χ0v) is 16.4. The summed E-state index contributed by atoms with van der Waals surface area (Å²) in [7, 11) is 1.56. The van der Waals surface area contributed by atoms with Gasteiger partial charge in [0.1, 0.15) is 17.8 Å². The van der Waals surface area contributed by atoms with Gasteiger partial charge in [0, 0.05) is 10.6 Å². The maximum Gasteiger partial charge on any atom is 0.325 e. The molecule has 4 rings (SSSR count). The number of nitrogens with one attached hydrogen (secondary N) is 1. The Hall–Kier alpha value is -3.39. The van der Waals surface area contributed by atoms with Gasteiger partial charge < -0.3 is 14.6 Å². The number of ether oxygens (including phenoxy) is 1. The first-order chi connectivity index (χ1) is 13.9. The predicted octanol–water partition coefficient (Wildman–Crippen LogP) is 3.37. The molecule has 2 aromatic carbocycles. The molecule has 9 heteroatoms. The zero-order valence-electron chi connectivity index (χ0n) is 15.7. The van der Waals surface area contributed by atoms with Crippen LogP contribution in [0.2, 0.25) is 5.02 Å². The summed E-state index contributed by atoms with van der Waals surface area (Å²) < 4.78 is 10.4. The van der Waals surface area contributed by atoms with E-state index in [0.717, 1.165) is 4.90 Å². The second-order valence-electron chi connectivity index (χ2n) is 6.70. The van der Waals surface area contributed by atoms with Crippen molar-refractivity contribution in [3.05, 3.63) is 65.0 Å². The molecule has 1 fully saturated rings. The van der Waals surface area contributed by atoms with Gasteiger partial charge in [-0.1, -0.05) is 41.0 Å². The molecule has 1 saturated heterocycles. The molecule has 0 spiro atoms. The Kier molecular flexibility index (Phi) is 4.71. The van der Waals surface area contributed by atoms with Crippen molar-refractivity contribution in [2.24, 2.45) is 0 Å². The number of hydrogen-bond acceptors (Lipinski definition) is 6. The number of imide groups is 1. The second-order valence-corrected chi connectivity index (χ2v) is 7.14. The lowest BCUT2D eigenvalue weighted by molar-refractivity contribution is -0.131. The minimum atomic E-state index is -1.22. The first-order valence-corrected chi connectivity index (χ1v) is 9.15. The Morgan fingerprint density at radius 3 is 2.76 bits per heavy atom. The van der Waals surface area contributed by atoms with Crippen molar-refractivity contribution < 1.29 is 18.8 Å². The van der Waals surface area contributed by atoms with Crippen molar-refractivity contribution in [1.82, 2.24) is 20.4 Å². The molecular formula is C20H17ClN4O4. The summed E-state index contributed by atoms with van der Waals surface area (Å²) in [4.78, 5) is 30.8. The summed E-state index contributed by atoms with van der Waals surface area (Å²) >= 11 is 6.04. The molecule has 8 nitrogen and oxygen atoms in total. The molecule has 0 bridgehead atoms. The van der Waals surface area contributed by atoms with Gasteiger partial charge in [-0.25, -0.2) is 4.79 Å². The Labute approximate surface area is 171 Å². The molecule has 1 aliphatic rings. The lowest BCUT2D eigenvalue weighted by Crippen LogP contribution is -2.40. The van der Waals surface area contributed by atoms with Crippen molar-refractivity contribution >= 4 is 23.5 Å². The fourth-order valence-electron chi connectivity index (χ4n) is 3.17. The van der Waals surface area contributed by atoms with Crippen LogP contribution in [0, 0.1) is 0 Å². The first-order valence-electron chi connectivity index (χ1n) is 8.78. The Bertz CT molecular complexity index is 1100. The Balaban J connectivity index is 1.56. The van der Waals surface area contributed by atoms with E-state index in [0.29, 0.717) is 27.7 Å². The van der Waals surface area contributed by atoms with Crippen molar-refractivity contribution in [1.29, 1.82) is 0 Å². The van der Waals surface area contributed by atoms with Gasteiger partial charge in [-0.05, 0) is 36.8 Å². The number of urea groups is 1. The fraction of sp³-hybridized carbons (Fsp3) is 0.200. The second kappa shape index (κ2) is 7.21. The van der Waals surface area contributed by atoms with E-state index in [1.165, 1.54) is 0 Å². The van der Waals surface area contributed by atoms with E-state index in [1.54, 1.807) is 62.6 Å². The molecule has 3 aromatic rings. The monoisotopic (exact) mass is 412 g/mol. The van der Waals surface area contributed by atoms with Crippen LogP contribution in [-0.2, 0) is 16.9 Å². The van der Waals surface area contributed by atoms with Gasteiger partial charge in [0.15, 0.2) is 0 Å². The highest BCUT2D eigenvalue weighted by atomic mass is 35.5. The van der Waals surface area contributed by atoms with Crippen LogP contribution in [0.5, 0.6) is 5.75 Å². The van der Waals surface area contributed by atoms with Crippen molar-refractivity contribution in [3.8, 4) is 17.1 Å². The smallest absolute Gasteiger partial charge is 0.325 e. The number of carbonyl (C=O) groups excluding carboxylic acids is 2. The maximum absolute atomic E-state index is 13.0. The van der Waals surface area contributed by atoms with E-state index in [-0.39, 0.29) is 12.4 Å². The molecule has 0 saturated carbocycles. The summed E-state index contributed by atoms with van der Waals surface area (Å²) in [5.41, 5.74) is 0.0613. The normalized spacial score (nSPS) is 18.8. The standard InChI is InChI=1S/C20H17ClN4O4/c1-20(13-6-4-7-14(21)10-13)18(26)25(19(27)23-20)11-16-22-17(24-29-16)12-5-3-8-15(9-12)28-2/h3-10H,11H2,1-2H3,(H,23,27). The van der Waals surface area contributed by atoms with E-state index >= 15 is 0 Å². The minimum Gasteiger partial charge on any atom is -0.497 e. The number of benzene rings is 2. The largest absolute Gasteiger partial charge is 0.497 e. The highest BCUT2D eigenvalue weighted by Crippen LogP contribution is 2.31. The van der Waals surface area contributed by atoms with Gasteiger partial charge >= 0.3 is 6.03 Å². The number of aromatic nitrogens is 2. The molecule has 1 N–H and O–H groups in total. The van der Waals surface area contributed by atoms with Gasteiger partial charge in [0.05, 0.1) is 7.11 Å². The zero-order chi connectivity index (χ0) is 20.6. The molecule has 1 aromatic heterocycles. The Morgan fingerprint density at radius 1 is 1.21 bits per heavy atom. The van der Waals surface area contributed by atoms with Gasteiger partial charge in [0.25, 0.3) is 5.91 Å².